The molecule has 7 nitrogen and oxygen atoms in total. The summed E-state index contributed by atoms with van der Waals surface area (Å²) in [6.45, 7) is 2.52. The molecule has 0 radical (unpaired) electrons. The lowest BCUT2D eigenvalue weighted by Gasteiger charge is -2.23. The molecule has 0 spiro atoms. The number of aromatic nitrogens is 1. The molecule has 142 valence electrons. The second-order valence-electron chi connectivity index (χ2n) is 6.26. The van der Waals surface area contributed by atoms with Crippen molar-refractivity contribution in [2.24, 2.45) is 0 Å². The molecule has 1 aromatic carbocycles. The van der Waals surface area contributed by atoms with Crippen LogP contribution in [0.1, 0.15) is 43.7 Å². The van der Waals surface area contributed by atoms with Crippen LogP contribution < -0.4 is 9.47 Å². The van der Waals surface area contributed by atoms with E-state index in [1.807, 2.05) is 6.07 Å². The van der Waals surface area contributed by atoms with Gasteiger partial charge in [0.2, 0.25) is 10.0 Å². The molecule has 1 atom stereocenters. The molecule has 1 saturated heterocycles. The van der Waals surface area contributed by atoms with Crippen molar-refractivity contribution in [3.8, 4) is 11.5 Å². The second kappa shape index (κ2) is 7.67. The minimum atomic E-state index is -3.68. The highest BCUT2D eigenvalue weighted by atomic mass is 32.2. The first-order valence-electron chi connectivity index (χ1n) is 8.70. The van der Waals surface area contributed by atoms with E-state index in [1.165, 1.54) is 30.7 Å². The molecule has 2 aromatic rings. The number of ether oxygens (including phenoxy) is 2. The van der Waals surface area contributed by atoms with E-state index in [9.17, 15) is 8.42 Å². The Morgan fingerprint density at radius 3 is 2.69 bits per heavy atom. The van der Waals surface area contributed by atoms with Crippen molar-refractivity contribution in [2.75, 3.05) is 20.8 Å². The molecule has 0 bridgehead atoms. The highest BCUT2D eigenvalue weighted by Crippen LogP contribution is 2.38. The molecule has 26 heavy (non-hydrogen) atoms. The van der Waals surface area contributed by atoms with E-state index < -0.39 is 10.0 Å². The quantitative estimate of drug-likeness (QED) is 0.734. The van der Waals surface area contributed by atoms with Crippen LogP contribution in [0.15, 0.2) is 33.7 Å². The number of aryl methyl sites for hydroxylation is 1. The number of hydrogen-bond acceptors (Lipinski definition) is 6. The highest BCUT2D eigenvalue weighted by molar-refractivity contribution is 7.89. The van der Waals surface area contributed by atoms with E-state index in [0.29, 0.717) is 23.7 Å². The van der Waals surface area contributed by atoms with Crippen molar-refractivity contribution in [1.82, 2.24) is 9.46 Å². The Kier molecular flexibility index (Phi) is 5.52. The highest BCUT2D eigenvalue weighted by Gasteiger charge is 2.38. The molecule has 1 aromatic heterocycles. The number of rotatable bonds is 7. The maximum atomic E-state index is 13.2. The number of nitrogens with zero attached hydrogens (tertiary/aromatic N) is 2. The minimum Gasteiger partial charge on any atom is -0.493 e. The van der Waals surface area contributed by atoms with Crippen molar-refractivity contribution >= 4 is 10.0 Å². The van der Waals surface area contributed by atoms with E-state index in [-0.39, 0.29) is 10.9 Å². The lowest BCUT2D eigenvalue weighted by atomic mass is 10.1. The van der Waals surface area contributed by atoms with Gasteiger partial charge in [0, 0.05) is 25.1 Å². The smallest absolute Gasteiger partial charge is 0.243 e. The Bertz CT molecular complexity index is 862. The normalized spacial score (nSPS) is 18.2. The van der Waals surface area contributed by atoms with Crippen molar-refractivity contribution in [1.29, 1.82) is 0 Å². The first-order chi connectivity index (χ1) is 12.5. The zero-order valence-electron chi connectivity index (χ0n) is 15.3. The van der Waals surface area contributed by atoms with Crippen molar-refractivity contribution in [3.05, 3.63) is 35.7 Å². The van der Waals surface area contributed by atoms with Crippen LogP contribution in [0.5, 0.6) is 11.5 Å². The fraction of sp³-hybridized carbons (Fsp3) is 0.500. The molecule has 0 amide bonds. The van der Waals surface area contributed by atoms with E-state index in [4.69, 9.17) is 14.0 Å². The molecule has 0 saturated carbocycles. The van der Waals surface area contributed by atoms with Gasteiger partial charge in [0.15, 0.2) is 11.5 Å². The van der Waals surface area contributed by atoms with Gasteiger partial charge in [-0.2, -0.15) is 4.31 Å². The van der Waals surface area contributed by atoms with Crippen molar-refractivity contribution < 1.29 is 22.4 Å². The molecule has 1 fully saturated rings. The van der Waals surface area contributed by atoms with Gasteiger partial charge in [0.25, 0.3) is 0 Å². The topological polar surface area (TPSA) is 81.9 Å². The fourth-order valence-corrected chi connectivity index (χ4v) is 4.97. The number of benzene rings is 1. The Balaban J connectivity index is 1.92. The summed E-state index contributed by atoms with van der Waals surface area (Å²) in [6.07, 6.45) is 3.26. The molecule has 3 rings (SSSR count). The summed E-state index contributed by atoms with van der Waals surface area (Å²) in [5, 5.41) is 4.11. The first kappa shape index (κ1) is 18.7. The number of methoxy groups -OCH3 is 2. The van der Waals surface area contributed by atoms with Crippen LogP contribution in [0.25, 0.3) is 0 Å². The fourth-order valence-electron chi connectivity index (χ4n) is 3.29. The second-order valence-corrected chi connectivity index (χ2v) is 8.15. The molecule has 2 heterocycles. The summed E-state index contributed by atoms with van der Waals surface area (Å²) in [7, 11) is -0.682. The molecule has 0 aliphatic carbocycles. The standard InChI is InChI=1S/C18H24N2O5S/c1-4-6-13-11-15(19-25-13)16-7-5-10-20(16)26(21,22)14-8-9-17(23-2)18(12-14)24-3/h8-9,11-12,16H,4-7,10H2,1-3H3. The van der Waals surface area contributed by atoms with Gasteiger partial charge in [-0.1, -0.05) is 12.1 Å². The average molecular weight is 380 g/mol. The van der Waals surface area contributed by atoms with Gasteiger partial charge in [-0.15, -0.1) is 0 Å². The summed E-state index contributed by atoms with van der Waals surface area (Å²) in [6, 6.07) is 6.21. The Labute approximate surface area is 153 Å². The van der Waals surface area contributed by atoms with Gasteiger partial charge in [0.05, 0.1) is 25.2 Å². The molecule has 1 aliphatic heterocycles. The molecular formula is C18H24N2O5S. The van der Waals surface area contributed by atoms with Crippen LogP contribution in [-0.4, -0.2) is 38.6 Å². The van der Waals surface area contributed by atoms with Crippen LogP contribution in [0, 0.1) is 0 Å². The predicted molar refractivity (Wildman–Crippen MR) is 95.9 cm³/mol. The van der Waals surface area contributed by atoms with E-state index in [0.717, 1.165) is 31.4 Å². The summed E-state index contributed by atoms with van der Waals surface area (Å²) in [4.78, 5) is 0.180. The van der Waals surface area contributed by atoms with Gasteiger partial charge >= 0.3 is 0 Å². The van der Waals surface area contributed by atoms with E-state index in [2.05, 4.69) is 12.1 Å². The zero-order valence-corrected chi connectivity index (χ0v) is 16.1. The zero-order chi connectivity index (χ0) is 18.7. The van der Waals surface area contributed by atoms with Gasteiger partial charge in [0.1, 0.15) is 11.5 Å². The van der Waals surface area contributed by atoms with Crippen molar-refractivity contribution in [3.63, 3.8) is 0 Å². The monoisotopic (exact) mass is 380 g/mol. The van der Waals surface area contributed by atoms with Gasteiger partial charge in [-0.25, -0.2) is 8.42 Å². The number of hydrogen-bond donors (Lipinski definition) is 0. The molecule has 8 heteroatoms. The van der Waals surface area contributed by atoms with Crippen LogP contribution in [0.2, 0.25) is 0 Å². The van der Waals surface area contributed by atoms with Crippen LogP contribution in [-0.2, 0) is 16.4 Å². The predicted octanol–water partition coefficient (Wildman–Crippen LogP) is 3.17. The maximum absolute atomic E-state index is 13.2. The van der Waals surface area contributed by atoms with Gasteiger partial charge in [-0.05, 0) is 31.4 Å². The summed E-state index contributed by atoms with van der Waals surface area (Å²) in [5.74, 6) is 1.67. The maximum Gasteiger partial charge on any atom is 0.243 e. The van der Waals surface area contributed by atoms with Crippen molar-refractivity contribution in [2.45, 2.75) is 43.5 Å². The molecular weight excluding hydrogens is 356 g/mol. The lowest BCUT2D eigenvalue weighted by molar-refractivity contribution is 0.342. The Morgan fingerprint density at radius 2 is 2.00 bits per heavy atom. The average Bonchev–Trinajstić information content (AvgIpc) is 3.30. The molecule has 0 N–H and O–H groups in total. The summed E-state index contributed by atoms with van der Waals surface area (Å²) >= 11 is 0. The van der Waals surface area contributed by atoms with Crippen LogP contribution in [0.3, 0.4) is 0 Å². The van der Waals surface area contributed by atoms with E-state index >= 15 is 0 Å². The Morgan fingerprint density at radius 1 is 1.23 bits per heavy atom. The molecule has 1 aliphatic rings. The van der Waals surface area contributed by atoms with Crippen LogP contribution >= 0.6 is 0 Å². The SMILES string of the molecule is CCCc1cc(C2CCCN2S(=O)(=O)c2ccc(OC)c(OC)c2)no1. The Hall–Kier alpha value is -2.06. The first-order valence-corrected chi connectivity index (χ1v) is 10.1. The number of sulfonamides is 1. The largest absolute Gasteiger partial charge is 0.493 e. The minimum absolute atomic E-state index is 0.180. The lowest BCUT2D eigenvalue weighted by Crippen LogP contribution is -2.30. The van der Waals surface area contributed by atoms with E-state index in [1.54, 1.807) is 6.07 Å². The van der Waals surface area contributed by atoms with Gasteiger partial charge < -0.3 is 14.0 Å². The third kappa shape index (κ3) is 3.43. The van der Waals surface area contributed by atoms with Gasteiger partial charge in [-0.3, -0.25) is 0 Å². The third-order valence-corrected chi connectivity index (χ3v) is 6.48. The summed E-state index contributed by atoms with van der Waals surface area (Å²) < 4.78 is 43.7. The third-order valence-electron chi connectivity index (χ3n) is 4.58. The molecule has 1 unspecified atom stereocenters. The van der Waals surface area contributed by atoms with Crippen LogP contribution in [0.4, 0.5) is 0 Å². The summed E-state index contributed by atoms with van der Waals surface area (Å²) in [5.41, 5.74) is 0.676.